The fraction of sp³-hybridized carbons (Fsp3) is 0.200. The average Bonchev–Trinajstić information content (AvgIpc) is 2.48. The van der Waals surface area contributed by atoms with Crippen LogP contribution in [0.25, 0.3) is 0 Å². The van der Waals surface area contributed by atoms with E-state index in [1.54, 1.807) is 13.2 Å². The standard InChI is InChI=1S/C15H15F2NOS/c1-19-11-4-2-10(3-5-11)15(18)9-20-12-6-7-13(16)14(17)8-12/h2-8,15H,9,18H2,1H3. The Morgan fingerprint density at radius 3 is 2.40 bits per heavy atom. The summed E-state index contributed by atoms with van der Waals surface area (Å²) in [6, 6.07) is 11.2. The maximum atomic E-state index is 13.1. The Morgan fingerprint density at radius 2 is 1.80 bits per heavy atom. The number of halogens is 2. The summed E-state index contributed by atoms with van der Waals surface area (Å²) in [6.07, 6.45) is 0. The second-order valence-corrected chi connectivity index (χ2v) is 5.36. The molecule has 2 aromatic carbocycles. The van der Waals surface area contributed by atoms with Crippen LogP contribution in [0.5, 0.6) is 5.75 Å². The normalized spacial score (nSPS) is 12.2. The lowest BCUT2D eigenvalue weighted by Gasteiger charge is -2.12. The molecule has 0 bridgehead atoms. The molecule has 0 spiro atoms. The minimum absolute atomic E-state index is 0.181. The first-order valence-corrected chi connectivity index (χ1v) is 7.06. The number of benzene rings is 2. The van der Waals surface area contributed by atoms with Crippen molar-refractivity contribution in [1.29, 1.82) is 0 Å². The van der Waals surface area contributed by atoms with Crippen LogP contribution in [0.2, 0.25) is 0 Å². The molecule has 2 rings (SSSR count). The van der Waals surface area contributed by atoms with E-state index in [0.29, 0.717) is 10.6 Å². The van der Waals surface area contributed by atoms with Crippen molar-refractivity contribution in [1.82, 2.24) is 0 Å². The lowest BCUT2D eigenvalue weighted by atomic mass is 10.1. The van der Waals surface area contributed by atoms with Gasteiger partial charge in [-0.2, -0.15) is 0 Å². The molecule has 2 N–H and O–H groups in total. The SMILES string of the molecule is COc1ccc(C(N)CSc2ccc(F)c(F)c2)cc1. The molecule has 0 heterocycles. The van der Waals surface area contributed by atoms with Crippen LogP contribution in [0.15, 0.2) is 47.4 Å². The first-order chi connectivity index (χ1) is 9.60. The maximum absolute atomic E-state index is 13.1. The van der Waals surface area contributed by atoms with E-state index in [2.05, 4.69) is 0 Å². The van der Waals surface area contributed by atoms with E-state index in [1.165, 1.54) is 17.8 Å². The van der Waals surface area contributed by atoms with Gasteiger partial charge < -0.3 is 10.5 Å². The Labute approximate surface area is 120 Å². The molecule has 0 aromatic heterocycles. The van der Waals surface area contributed by atoms with Gasteiger partial charge in [-0.3, -0.25) is 0 Å². The minimum Gasteiger partial charge on any atom is -0.497 e. The van der Waals surface area contributed by atoms with Gasteiger partial charge in [-0.1, -0.05) is 12.1 Å². The van der Waals surface area contributed by atoms with Gasteiger partial charge in [-0.05, 0) is 35.9 Å². The summed E-state index contributed by atoms with van der Waals surface area (Å²) in [7, 11) is 1.61. The highest BCUT2D eigenvalue weighted by atomic mass is 32.2. The summed E-state index contributed by atoms with van der Waals surface area (Å²) < 4.78 is 31.0. The van der Waals surface area contributed by atoms with Gasteiger partial charge in [0.25, 0.3) is 0 Å². The van der Waals surface area contributed by atoms with Crippen LogP contribution in [0.4, 0.5) is 8.78 Å². The number of hydrogen-bond donors (Lipinski definition) is 1. The van der Waals surface area contributed by atoms with Crippen LogP contribution in [-0.4, -0.2) is 12.9 Å². The Bertz CT molecular complexity index is 575. The number of hydrogen-bond acceptors (Lipinski definition) is 3. The highest BCUT2D eigenvalue weighted by molar-refractivity contribution is 7.99. The number of thioether (sulfide) groups is 1. The average molecular weight is 295 g/mol. The van der Waals surface area contributed by atoms with Crippen molar-refractivity contribution < 1.29 is 13.5 Å². The van der Waals surface area contributed by atoms with E-state index in [9.17, 15) is 8.78 Å². The first-order valence-electron chi connectivity index (χ1n) is 6.07. The van der Waals surface area contributed by atoms with Crippen molar-refractivity contribution >= 4 is 11.8 Å². The quantitative estimate of drug-likeness (QED) is 0.853. The third kappa shape index (κ3) is 3.71. The third-order valence-corrected chi connectivity index (χ3v) is 3.98. The molecule has 0 aliphatic heterocycles. The molecule has 0 saturated carbocycles. The molecule has 5 heteroatoms. The zero-order valence-corrected chi connectivity index (χ0v) is 11.8. The Balaban J connectivity index is 1.96. The molecule has 0 saturated heterocycles. The minimum atomic E-state index is -0.840. The van der Waals surface area contributed by atoms with Crippen LogP contribution >= 0.6 is 11.8 Å². The fourth-order valence-corrected chi connectivity index (χ4v) is 2.62. The lowest BCUT2D eigenvalue weighted by Crippen LogP contribution is -2.12. The Kier molecular flexibility index (Phi) is 4.98. The van der Waals surface area contributed by atoms with Crippen molar-refractivity contribution in [3.63, 3.8) is 0 Å². The first kappa shape index (κ1) is 14.8. The smallest absolute Gasteiger partial charge is 0.159 e. The molecule has 2 aromatic rings. The second kappa shape index (κ2) is 6.72. The Hall–Kier alpha value is -1.59. The van der Waals surface area contributed by atoms with Gasteiger partial charge in [0.1, 0.15) is 5.75 Å². The lowest BCUT2D eigenvalue weighted by molar-refractivity contribution is 0.414. The third-order valence-electron chi connectivity index (χ3n) is 2.86. The summed E-state index contributed by atoms with van der Waals surface area (Å²) in [5.41, 5.74) is 7.05. The van der Waals surface area contributed by atoms with Crippen LogP contribution in [0.3, 0.4) is 0 Å². The molecule has 1 unspecified atom stereocenters. The van der Waals surface area contributed by atoms with Gasteiger partial charge in [0.2, 0.25) is 0 Å². The van der Waals surface area contributed by atoms with Gasteiger partial charge in [0.15, 0.2) is 11.6 Å². The predicted molar refractivity (Wildman–Crippen MR) is 77.0 cm³/mol. The van der Waals surface area contributed by atoms with E-state index in [-0.39, 0.29) is 6.04 Å². The summed E-state index contributed by atoms with van der Waals surface area (Å²) in [5, 5.41) is 0. The maximum Gasteiger partial charge on any atom is 0.159 e. The summed E-state index contributed by atoms with van der Waals surface area (Å²) in [5.74, 6) is -0.326. The van der Waals surface area contributed by atoms with E-state index >= 15 is 0 Å². The summed E-state index contributed by atoms with van der Waals surface area (Å²) >= 11 is 1.39. The van der Waals surface area contributed by atoms with E-state index in [4.69, 9.17) is 10.5 Å². The van der Waals surface area contributed by atoms with Gasteiger partial charge in [0, 0.05) is 16.7 Å². The molecule has 0 aliphatic carbocycles. The molecule has 0 aliphatic rings. The van der Waals surface area contributed by atoms with Gasteiger partial charge >= 0.3 is 0 Å². The number of rotatable bonds is 5. The molecule has 20 heavy (non-hydrogen) atoms. The van der Waals surface area contributed by atoms with Crippen LogP contribution in [0.1, 0.15) is 11.6 Å². The van der Waals surface area contributed by atoms with Gasteiger partial charge in [-0.25, -0.2) is 8.78 Å². The van der Waals surface area contributed by atoms with Crippen LogP contribution < -0.4 is 10.5 Å². The van der Waals surface area contributed by atoms with E-state index in [0.717, 1.165) is 17.4 Å². The number of methoxy groups -OCH3 is 1. The van der Waals surface area contributed by atoms with Crippen molar-refractivity contribution in [3.8, 4) is 5.75 Å². The van der Waals surface area contributed by atoms with Crippen LogP contribution in [0, 0.1) is 11.6 Å². The molecule has 106 valence electrons. The fourth-order valence-electron chi connectivity index (χ4n) is 1.70. The predicted octanol–water partition coefficient (Wildman–Crippen LogP) is 3.77. The molecule has 0 fully saturated rings. The van der Waals surface area contributed by atoms with Crippen molar-refractivity contribution in [3.05, 3.63) is 59.7 Å². The van der Waals surface area contributed by atoms with Crippen molar-refractivity contribution in [2.75, 3.05) is 12.9 Å². The molecule has 1 atom stereocenters. The largest absolute Gasteiger partial charge is 0.497 e. The second-order valence-electron chi connectivity index (χ2n) is 4.27. The topological polar surface area (TPSA) is 35.2 Å². The zero-order valence-electron chi connectivity index (χ0n) is 11.0. The monoisotopic (exact) mass is 295 g/mol. The van der Waals surface area contributed by atoms with Crippen LogP contribution in [-0.2, 0) is 0 Å². The van der Waals surface area contributed by atoms with Crippen molar-refractivity contribution in [2.24, 2.45) is 5.73 Å². The number of nitrogens with two attached hydrogens (primary N) is 1. The molecular formula is C15H15F2NOS. The van der Waals surface area contributed by atoms with E-state index in [1.807, 2.05) is 24.3 Å². The highest BCUT2D eigenvalue weighted by Gasteiger charge is 2.08. The molecule has 2 nitrogen and oxygen atoms in total. The van der Waals surface area contributed by atoms with Crippen molar-refractivity contribution in [2.45, 2.75) is 10.9 Å². The summed E-state index contributed by atoms with van der Waals surface area (Å²) in [6.45, 7) is 0. The highest BCUT2D eigenvalue weighted by Crippen LogP contribution is 2.25. The van der Waals surface area contributed by atoms with E-state index < -0.39 is 11.6 Å². The summed E-state index contributed by atoms with van der Waals surface area (Å²) in [4.78, 5) is 0.660. The van der Waals surface area contributed by atoms with Gasteiger partial charge in [0.05, 0.1) is 7.11 Å². The molecule has 0 amide bonds. The molecular weight excluding hydrogens is 280 g/mol. The Morgan fingerprint density at radius 1 is 1.10 bits per heavy atom. The molecule has 0 radical (unpaired) electrons. The van der Waals surface area contributed by atoms with Gasteiger partial charge in [-0.15, -0.1) is 11.8 Å². The zero-order chi connectivity index (χ0) is 14.5. The number of ether oxygens (including phenoxy) is 1.